The molecule has 0 unspecified atom stereocenters. The number of imide groups is 2. The van der Waals surface area contributed by atoms with Gasteiger partial charge in [0.05, 0.1) is 12.8 Å². The Kier molecular flexibility index (Phi) is 6.42. The summed E-state index contributed by atoms with van der Waals surface area (Å²) in [5, 5.41) is 2.84. The summed E-state index contributed by atoms with van der Waals surface area (Å²) in [4.78, 5) is 38.5. The zero-order chi connectivity index (χ0) is 23.4. The van der Waals surface area contributed by atoms with E-state index in [2.05, 4.69) is 5.32 Å². The number of amides is 4. The first-order valence-electron chi connectivity index (χ1n) is 9.97. The third-order valence-electron chi connectivity index (χ3n) is 4.92. The van der Waals surface area contributed by atoms with E-state index in [1.54, 1.807) is 54.6 Å². The Morgan fingerprint density at radius 2 is 1.64 bits per heavy atom. The number of benzene rings is 3. The highest BCUT2D eigenvalue weighted by atomic mass is 35.5. The summed E-state index contributed by atoms with van der Waals surface area (Å²) in [6.45, 7) is 0.348. The second-order valence-corrected chi connectivity index (χ2v) is 7.58. The number of methoxy groups -OCH3 is 1. The summed E-state index contributed by atoms with van der Waals surface area (Å²) in [5.74, 6) is -0.272. The first-order valence-corrected chi connectivity index (χ1v) is 10.4. The monoisotopic (exact) mass is 462 g/mol. The number of nitrogens with one attached hydrogen (secondary N) is 1. The van der Waals surface area contributed by atoms with Crippen molar-refractivity contribution in [2.75, 3.05) is 12.0 Å². The van der Waals surface area contributed by atoms with Crippen molar-refractivity contribution in [3.05, 3.63) is 94.5 Å². The highest BCUT2D eigenvalue weighted by molar-refractivity contribution is 6.39. The van der Waals surface area contributed by atoms with Gasteiger partial charge in [0.2, 0.25) is 0 Å². The average molecular weight is 463 g/mol. The van der Waals surface area contributed by atoms with E-state index in [1.165, 1.54) is 13.2 Å². The van der Waals surface area contributed by atoms with E-state index < -0.39 is 17.8 Å². The number of carbonyl (C=O) groups excluding carboxylic acids is 3. The Morgan fingerprint density at radius 3 is 2.30 bits per heavy atom. The van der Waals surface area contributed by atoms with Gasteiger partial charge >= 0.3 is 6.03 Å². The molecule has 0 bridgehead atoms. The van der Waals surface area contributed by atoms with Gasteiger partial charge in [-0.05, 0) is 65.7 Å². The number of rotatable bonds is 6. The number of carbonyl (C=O) groups is 3. The summed E-state index contributed by atoms with van der Waals surface area (Å²) in [7, 11) is 1.51. The van der Waals surface area contributed by atoms with Crippen LogP contribution < -0.4 is 19.7 Å². The second kappa shape index (κ2) is 9.58. The lowest BCUT2D eigenvalue weighted by atomic mass is 10.1. The second-order valence-electron chi connectivity index (χ2n) is 7.14. The largest absolute Gasteiger partial charge is 0.497 e. The Morgan fingerprint density at radius 1 is 0.939 bits per heavy atom. The number of hydrogen-bond donors (Lipinski definition) is 1. The van der Waals surface area contributed by atoms with Crippen LogP contribution in [-0.2, 0) is 16.2 Å². The fourth-order valence-corrected chi connectivity index (χ4v) is 3.46. The minimum absolute atomic E-state index is 0.155. The molecule has 1 aliphatic rings. The van der Waals surface area contributed by atoms with Gasteiger partial charge in [-0.15, -0.1) is 0 Å². The number of urea groups is 1. The Hall–Kier alpha value is -4.10. The predicted molar refractivity (Wildman–Crippen MR) is 124 cm³/mol. The molecule has 0 atom stereocenters. The molecule has 0 spiro atoms. The number of barbiturate groups is 1. The van der Waals surface area contributed by atoms with E-state index in [0.717, 1.165) is 10.5 Å². The molecule has 4 rings (SSSR count). The summed E-state index contributed by atoms with van der Waals surface area (Å²) < 4.78 is 10.9. The maximum absolute atomic E-state index is 13.0. The standard InChI is InChI=1S/C25H19ClN2O5/c1-32-20-11-7-19(8-12-20)28-24(30)22(23(29)27-25(28)31)14-16-5-9-21(10-6-16)33-15-17-3-2-4-18(26)13-17/h2-14H,15H2,1H3,(H,27,29,31)/b22-14+. The van der Waals surface area contributed by atoms with Crippen LogP contribution >= 0.6 is 11.6 Å². The molecule has 166 valence electrons. The molecule has 1 fully saturated rings. The van der Waals surface area contributed by atoms with Gasteiger partial charge in [-0.3, -0.25) is 14.9 Å². The molecule has 3 aromatic rings. The van der Waals surface area contributed by atoms with Gasteiger partial charge < -0.3 is 9.47 Å². The molecule has 0 aliphatic carbocycles. The first kappa shape index (κ1) is 22.1. The molecule has 3 aromatic carbocycles. The molecule has 4 amide bonds. The van der Waals surface area contributed by atoms with Gasteiger partial charge in [0.25, 0.3) is 11.8 Å². The number of nitrogens with zero attached hydrogens (tertiary/aromatic N) is 1. The van der Waals surface area contributed by atoms with Gasteiger partial charge in [-0.2, -0.15) is 0 Å². The molecular weight excluding hydrogens is 444 g/mol. The molecule has 8 heteroatoms. The molecule has 0 saturated carbocycles. The van der Waals surface area contributed by atoms with Crippen molar-refractivity contribution in [1.29, 1.82) is 0 Å². The van der Waals surface area contributed by atoms with E-state index >= 15 is 0 Å². The van der Waals surface area contributed by atoms with Crippen molar-refractivity contribution in [2.24, 2.45) is 0 Å². The summed E-state index contributed by atoms with van der Waals surface area (Å²) in [5.41, 5.74) is 1.70. The topological polar surface area (TPSA) is 84.9 Å². The molecule has 1 heterocycles. The first-order chi connectivity index (χ1) is 15.9. The zero-order valence-electron chi connectivity index (χ0n) is 17.6. The predicted octanol–water partition coefficient (Wildman–Crippen LogP) is 4.59. The van der Waals surface area contributed by atoms with Crippen LogP contribution in [0.25, 0.3) is 6.08 Å². The fourth-order valence-electron chi connectivity index (χ4n) is 3.24. The molecule has 33 heavy (non-hydrogen) atoms. The molecule has 1 aliphatic heterocycles. The van der Waals surface area contributed by atoms with Gasteiger partial charge in [0.15, 0.2) is 0 Å². The van der Waals surface area contributed by atoms with Gasteiger partial charge in [-0.1, -0.05) is 35.9 Å². The smallest absolute Gasteiger partial charge is 0.335 e. The van der Waals surface area contributed by atoms with Crippen LogP contribution in [0, 0.1) is 0 Å². The number of hydrogen-bond acceptors (Lipinski definition) is 5. The highest BCUT2D eigenvalue weighted by Gasteiger charge is 2.36. The summed E-state index contributed by atoms with van der Waals surface area (Å²) in [6, 6.07) is 19.8. The van der Waals surface area contributed by atoms with Crippen LogP contribution in [0.5, 0.6) is 11.5 Å². The summed E-state index contributed by atoms with van der Waals surface area (Å²) >= 11 is 5.98. The van der Waals surface area contributed by atoms with Crippen LogP contribution in [0.2, 0.25) is 5.02 Å². The van der Waals surface area contributed by atoms with Gasteiger partial charge in [0.1, 0.15) is 23.7 Å². The van der Waals surface area contributed by atoms with E-state index in [4.69, 9.17) is 21.1 Å². The zero-order valence-corrected chi connectivity index (χ0v) is 18.3. The van der Waals surface area contributed by atoms with E-state index in [1.807, 2.05) is 18.2 Å². The van der Waals surface area contributed by atoms with Crippen molar-refractivity contribution in [3.63, 3.8) is 0 Å². The molecule has 1 saturated heterocycles. The van der Waals surface area contributed by atoms with E-state index in [0.29, 0.717) is 34.4 Å². The van der Waals surface area contributed by atoms with Crippen LogP contribution in [0.3, 0.4) is 0 Å². The minimum Gasteiger partial charge on any atom is -0.497 e. The number of halogens is 1. The molecule has 0 aromatic heterocycles. The van der Waals surface area contributed by atoms with Gasteiger partial charge in [-0.25, -0.2) is 9.69 Å². The van der Waals surface area contributed by atoms with Crippen LogP contribution in [0.1, 0.15) is 11.1 Å². The van der Waals surface area contributed by atoms with Crippen molar-refractivity contribution < 1.29 is 23.9 Å². The lowest BCUT2D eigenvalue weighted by Crippen LogP contribution is -2.54. The fraction of sp³-hybridized carbons (Fsp3) is 0.0800. The molecule has 7 nitrogen and oxygen atoms in total. The lowest BCUT2D eigenvalue weighted by Gasteiger charge is -2.26. The van der Waals surface area contributed by atoms with Crippen molar-refractivity contribution >= 4 is 41.2 Å². The molecule has 0 radical (unpaired) electrons. The maximum atomic E-state index is 13.0. The third-order valence-corrected chi connectivity index (χ3v) is 5.15. The normalized spacial score (nSPS) is 14.9. The molecular formula is C25H19ClN2O5. The van der Waals surface area contributed by atoms with Gasteiger partial charge in [0, 0.05) is 5.02 Å². The third kappa shape index (κ3) is 5.05. The lowest BCUT2D eigenvalue weighted by molar-refractivity contribution is -0.122. The maximum Gasteiger partial charge on any atom is 0.335 e. The van der Waals surface area contributed by atoms with Crippen molar-refractivity contribution in [3.8, 4) is 11.5 Å². The highest BCUT2D eigenvalue weighted by Crippen LogP contribution is 2.25. The average Bonchev–Trinajstić information content (AvgIpc) is 2.81. The Bertz CT molecular complexity index is 1240. The van der Waals surface area contributed by atoms with E-state index in [-0.39, 0.29) is 5.57 Å². The molecule has 1 N–H and O–H groups in total. The van der Waals surface area contributed by atoms with E-state index in [9.17, 15) is 14.4 Å². The summed E-state index contributed by atoms with van der Waals surface area (Å²) in [6.07, 6.45) is 1.43. The van der Waals surface area contributed by atoms with Crippen LogP contribution in [0.4, 0.5) is 10.5 Å². The minimum atomic E-state index is -0.808. The van der Waals surface area contributed by atoms with Crippen molar-refractivity contribution in [2.45, 2.75) is 6.61 Å². The van der Waals surface area contributed by atoms with Crippen LogP contribution in [0.15, 0.2) is 78.4 Å². The van der Waals surface area contributed by atoms with Crippen LogP contribution in [-0.4, -0.2) is 25.0 Å². The quantitative estimate of drug-likeness (QED) is 0.427. The SMILES string of the molecule is COc1ccc(N2C(=O)NC(=O)/C(=C\c3ccc(OCc4cccc(Cl)c4)cc3)C2=O)cc1. The Labute approximate surface area is 195 Å². The number of anilines is 1. The Balaban J connectivity index is 1.51. The van der Waals surface area contributed by atoms with Crippen molar-refractivity contribution in [1.82, 2.24) is 5.32 Å². The number of ether oxygens (including phenoxy) is 2.